The number of halogens is 3. The summed E-state index contributed by atoms with van der Waals surface area (Å²) in [4.78, 5) is 0. The summed E-state index contributed by atoms with van der Waals surface area (Å²) in [5.74, 6) is 1.30. The molecule has 4 rings (SSSR count). The maximum atomic E-state index is 12.9. The van der Waals surface area contributed by atoms with Crippen LogP contribution in [0.4, 0.5) is 13.2 Å². The average Bonchev–Trinajstić information content (AvgIpc) is 3.47. The summed E-state index contributed by atoms with van der Waals surface area (Å²) in [6.07, 6.45) is -0.669. The van der Waals surface area contributed by atoms with Crippen molar-refractivity contribution >= 4 is 0 Å². The summed E-state index contributed by atoms with van der Waals surface area (Å²) in [6.45, 7) is 3.33. The largest absolute Gasteiger partial charge is 0.416 e. The second kappa shape index (κ2) is 7.64. The van der Waals surface area contributed by atoms with Gasteiger partial charge >= 0.3 is 6.18 Å². The second-order valence-electron chi connectivity index (χ2n) is 7.75. The van der Waals surface area contributed by atoms with Crippen LogP contribution in [0.5, 0.6) is 0 Å². The SMILES string of the molecule is FC(F)(F)c1cccc(-c2ccc([C@H]3C[C@@H]3NCC3CCNCC3)cc2)c1. The van der Waals surface area contributed by atoms with Crippen LogP contribution in [0, 0.1) is 5.92 Å². The zero-order valence-corrected chi connectivity index (χ0v) is 15.2. The minimum atomic E-state index is -4.31. The summed E-state index contributed by atoms with van der Waals surface area (Å²) in [6, 6.07) is 14.1. The predicted octanol–water partition coefficient (Wildman–Crippen LogP) is 4.82. The Hall–Kier alpha value is -1.85. The van der Waals surface area contributed by atoms with Crippen molar-refractivity contribution in [3.05, 3.63) is 59.7 Å². The summed E-state index contributed by atoms with van der Waals surface area (Å²) in [5, 5.41) is 7.09. The molecule has 1 saturated carbocycles. The zero-order valence-electron chi connectivity index (χ0n) is 15.2. The molecule has 2 aromatic rings. The van der Waals surface area contributed by atoms with Crippen LogP contribution in [0.1, 0.15) is 36.3 Å². The van der Waals surface area contributed by atoms with Crippen LogP contribution in [0.25, 0.3) is 11.1 Å². The van der Waals surface area contributed by atoms with Crippen LogP contribution in [-0.2, 0) is 6.18 Å². The van der Waals surface area contributed by atoms with Gasteiger partial charge < -0.3 is 10.6 Å². The van der Waals surface area contributed by atoms with Crippen LogP contribution >= 0.6 is 0 Å². The fourth-order valence-corrected chi connectivity index (χ4v) is 3.99. The third kappa shape index (κ3) is 4.53. The van der Waals surface area contributed by atoms with Crippen LogP contribution in [0.3, 0.4) is 0 Å². The lowest BCUT2D eigenvalue weighted by atomic mass is 9.98. The van der Waals surface area contributed by atoms with Crippen molar-refractivity contribution in [2.24, 2.45) is 5.92 Å². The molecule has 2 aliphatic rings. The van der Waals surface area contributed by atoms with E-state index in [0.717, 1.165) is 43.6 Å². The molecule has 1 saturated heterocycles. The number of rotatable bonds is 5. The van der Waals surface area contributed by atoms with E-state index in [1.807, 2.05) is 12.1 Å². The molecule has 2 nitrogen and oxygen atoms in total. The smallest absolute Gasteiger partial charge is 0.317 e. The van der Waals surface area contributed by atoms with Gasteiger partial charge in [-0.05, 0) is 73.6 Å². The predicted molar refractivity (Wildman–Crippen MR) is 102 cm³/mol. The molecule has 144 valence electrons. The van der Waals surface area contributed by atoms with Crippen molar-refractivity contribution in [2.75, 3.05) is 19.6 Å². The molecule has 0 bridgehead atoms. The molecule has 1 aliphatic carbocycles. The highest BCUT2D eigenvalue weighted by Crippen LogP contribution is 2.41. The number of nitrogens with one attached hydrogen (secondary N) is 2. The third-order valence-corrected chi connectivity index (χ3v) is 5.78. The zero-order chi connectivity index (χ0) is 18.9. The first-order chi connectivity index (χ1) is 13.0. The molecule has 0 amide bonds. The van der Waals surface area contributed by atoms with E-state index in [1.54, 1.807) is 6.07 Å². The average molecular weight is 374 g/mol. The molecule has 2 atom stereocenters. The Balaban J connectivity index is 1.36. The van der Waals surface area contributed by atoms with Crippen molar-refractivity contribution < 1.29 is 13.2 Å². The maximum Gasteiger partial charge on any atom is 0.416 e. The van der Waals surface area contributed by atoms with Crippen molar-refractivity contribution in [1.82, 2.24) is 10.6 Å². The monoisotopic (exact) mass is 374 g/mol. The van der Waals surface area contributed by atoms with Gasteiger partial charge in [0.2, 0.25) is 0 Å². The fraction of sp³-hybridized carbons (Fsp3) is 0.455. The van der Waals surface area contributed by atoms with Gasteiger partial charge in [-0.1, -0.05) is 36.4 Å². The van der Waals surface area contributed by atoms with Crippen molar-refractivity contribution in [3.63, 3.8) is 0 Å². The van der Waals surface area contributed by atoms with Gasteiger partial charge in [0.05, 0.1) is 5.56 Å². The van der Waals surface area contributed by atoms with E-state index >= 15 is 0 Å². The molecule has 0 spiro atoms. The minimum absolute atomic E-state index is 0.530. The Bertz CT molecular complexity index is 764. The topological polar surface area (TPSA) is 24.1 Å². The Morgan fingerprint density at radius 1 is 0.963 bits per heavy atom. The quantitative estimate of drug-likeness (QED) is 0.784. The van der Waals surface area contributed by atoms with Gasteiger partial charge in [0.1, 0.15) is 0 Å². The van der Waals surface area contributed by atoms with E-state index in [9.17, 15) is 13.2 Å². The molecule has 1 aliphatic heterocycles. The van der Waals surface area contributed by atoms with Crippen LogP contribution in [0.15, 0.2) is 48.5 Å². The number of benzene rings is 2. The molecule has 2 fully saturated rings. The molecular weight excluding hydrogens is 349 g/mol. The fourth-order valence-electron chi connectivity index (χ4n) is 3.99. The lowest BCUT2D eigenvalue weighted by Gasteiger charge is -2.22. The van der Waals surface area contributed by atoms with Crippen LogP contribution in [-0.4, -0.2) is 25.7 Å². The lowest BCUT2D eigenvalue weighted by Crippen LogP contribution is -2.34. The first-order valence-electron chi connectivity index (χ1n) is 9.72. The molecule has 0 radical (unpaired) electrons. The van der Waals surface area contributed by atoms with E-state index in [1.165, 1.54) is 30.5 Å². The summed E-state index contributed by atoms with van der Waals surface area (Å²) in [7, 11) is 0. The Morgan fingerprint density at radius 2 is 1.70 bits per heavy atom. The van der Waals surface area contributed by atoms with E-state index < -0.39 is 11.7 Å². The number of piperidine rings is 1. The van der Waals surface area contributed by atoms with Crippen molar-refractivity contribution in [1.29, 1.82) is 0 Å². The summed E-state index contributed by atoms with van der Waals surface area (Å²) < 4.78 is 38.7. The highest BCUT2D eigenvalue weighted by Gasteiger charge is 2.38. The summed E-state index contributed by atoms with van der Waals surface area (Å²) >= 11 is 0. The van der Waals surface area contributed by atoms with E-state index in [4.69, 9.17) is 0 Å². The molecule has 5 heteroatoms. The molecule has 0 unspecified atom stereocenters. The van der Waals surface area contributed by atoms with E-state index in [-0.39, 0.29) is 0 Å². The molecule has 0 aromatic heterocycles. The second-order valence-corrected chi connectivity index (χ2v) is 7.75. The minimum Gasteiger partial charge on any atom is -0.317 e. The number of hydrogen-bond acceptors (Lipinski definition) is 2. The van der Waals surface area contributed by atoms with Gasteiger partial charge in [-0.2, -0.15) is 13.2 Å². The molecule has 27 heavy (non-hydrogen) atoms. The summed E-state index contributed by atoms with van der Waals surface area (Å²) in [5.41, 5.74) is 2.10. The van der Waals surface area contributed by atoms with E-state index in [2.05, 4.69) is 22.8 Å². The van der Waals surface area contributed by atoms with Crippen LogP contribution in [0.2, 0.25) is 0 Å². The van der Waals surface area contributed by atoms with Gasteiger partial charge in [-0.3, -0.25) is 0 Å². The Kier molecular flexibility index (Phi) is 5.24. The highest BCUT2D eigenvalue weighted by molar-refractivity contribution is 5.65. The van der Waals surface area contributed by atoms with E-state index in [0.29, 0.717) is 17.5 Å². The first kappa shape index (κ1) is 18.5. The van der Waals surface area contributed by atoms with Crippen LogP contribution < -0.4 is 10.6 Å². The van der Waals surface area contributed by atoms with Crippen molar-refractivity contribution in [2.45, 2.75) is 37.4 Å². The normalized spacial score (nSPS) is 23.4. The molecule has 2 aromatic carbocycles. The van der Waals surface area contributed by atoms with Gasteiger partial charge in [0.25, 0.3) is 0 Å². The van der Waals surface area contributed by atoms with Gasteiger partial charge in [0.15, 0.2) is 0 Å². The third-order valence-electron chi connectivity index (χ3n) is 5.78. The Morgan fingerprint density at radius 3 is 2.41 bits per heavy atom. The molecular formula is C22H25F3N2. The standard InChI is InChI=1S/C22H25F3N2/c23-22(24,25)19-3-1-2-18(12-19)16-4-6-17(7-5-16)20-13-21(20)27-14-15-8-10-26-11-9-15/h1-7,12,15,20-21,26-27H,8-11,13-14H2/t20-,21+/m1/s1. The lowest BCUT2D eigenvalue weighted by molar-refractivity contribution is -0.137. The highest BCUT2D eigenvalue weighted by atomic mass is 19.4. The molecule has 1 heterocycles. The maximum absolute atomic E-state index is 12.9. The van der Waals surface area contributed by atoms with Gasteiger partial charge in [-0.15, -0.1) is 0 Å². The first-order valence-corrected chi connectivity index (χ1v) is 9.72. The Labute approximate surface area is 158 Å². The number of alkyl halides is 3. The van der Waals surface area contributed by atoms with Gasteiger partial charge in [0, 0.05) is 12.0 Å². The molecule has 2 N–H and O–H groups in total. The van der Waals surface area contributed by atoms with Crippen molar-refractivity contribution in [3.8, 4) is 11.1 Å². The number of hydrogen-bond donors (Lipinski definition) is 2. The van der Waals surface area contributed by atoms with Gasteiger partial charge in [-0.25, -0.2) is 0 Å².